The zero-order chi connectivity index (χ0) is 16.4. The quantitative estimate of drug-likeness (QED) is 0.762. The maximum atomic E-state index is 5.40. The number of hydrazine groups is 1. The molecule has 3 aromatic rings. The summed E-state index contributed by atoms with van der Waals surface area (Å²) < 4.78 is 10.6. The average Bonchev–Trinajstić information content (AvgIpc) is 3.32. The first kappa shape index (κ1) is 14.8. The van der Waals surface area contributed by atoms with E-state index >= 15 is 0 Å². The van der Waals surface area contributed by atoms with Crippen LogP contribution >= 0.6 is 0 Å². The number of rotatable bonds is 4. The number of ether oxygens (including phenoxy) is 1. The Bertz CT molecular complexity index is 803. The van der Waals surface area contributed by atoms with Gasteiger partial charge in [-0.2, -0.15) is 4.98 Å². The van der Waals surface area contributed by atoms with E-state index in [1.165, 1.54) is 5.56 Å². The lowest BCUT2D eigenvalue weighted by molar-refractivity contribution is 0.340. The van der Waals surface area contributed by atoms with E-state index in [-0.39, 0.29) is 12.1 Å². The number of methoxy groups -OCH3 is 1. The third kappa shape index (κ3) is 2.86. The molecule has 4 rings (SSSR count). The summed E-state index contributed by atoms with van der Waals surface area (Å²) in [6.45, 7) is 0. The second-order valence-corrected chi connectivity index (χ2v) is 5.57. The Labute approximate surface area is 139 Å². The van der Waals surface area contributed by atoms with Crippen molar-refractivity contribution < 1.29 is 9.26 Å². The number of hydrogen-bond acceptors (Lipinski definition) is 7. The van der Waals surface area contributed by atoms with E-state index in [1.807, 2.05) is 42.5 Å². The Morgan fingerprint density at radius 3 is 2.67 bits per heavy atom. The van der Waals surface area contributed by atoms with Crippen LogP contribution in [0.1, 0.15) is 30.0 Å². The van der Waals surface area contributed by atoms with Crippen LogP contribution in [0, 0.1) is 0 Å². The minimum Gasteiger partial charge on any atom is -0.497 e. The molecule has 2 N–H and O–H groups in total. The Hall–Kier alpha value is -2.77. The van der Waals surface area contributed by atoms with Gasteiger partial charge >= 0.3 is 0 Å². The van der Waals surface area contributed by atoms with Gasteiger partial charge < -0.3 is 9.26 Å². The summed E-state index contributed by atoms with van der Waals surface area (Å²) in [5.74, 6) is 1.90. The molecule has 1 aliphatic heterocycles. The van der Waals surface area contributed by atoms with Crippen LogP contribution < -0.4 is 15.6 Å². The number of nitrogens with one attached hydrogen (secondary N) is 2. The summed E-state index contributed by atoms with van der Waals surface area (Å²) in [4.78, 5) is 8.69. The van der Waals surface area contributed by atoms with E-state index in [2.05, 4.69) is 26.0 Å². The molecule has 1 aliphatic rings. The van der Waals surface area contributed by atoms with E-state index in [1.54, 1.807) is 13.3 Å². The summed E-state index contributed by atoms with van der Waals surface area (Å²) >= 11 is 0. The van der Waals surface area contributed by atoms with Gasteiger partial charge in [-0.1, -0.05) is 23.4 Å². The van der Waals surface area contributed by atoms with Gasteiger partial charge in [-0.25, -0.2) is 10.9 Å². The lowest BCUT2D eigenvalue weighted by atomic mass is 10.0. The third-order valence-electron chi connectivity index (χ3n) is 4.06. The monoisotopic (exact) mass is 323 g/mol. The predicted molar refractivity (Wildman–Crippen MR) is 86.9 cm³/mol. The van der Waals surface area contributed by atoms with Crippen LogP contribution in [-0.2, 0) is 0 Å². The van der Waals surface area contributed by atoms with Gasteiger partial charge in [0.05, 0.1) is 7.11 Å². The molecule has 1 aromatic carbocycles. The molecule has 0 saturated carbocycles. The molecule has 3 heterocycles. The summed E-state index contributed by atoms with van der Waals surface area (Å²) in [6.07, 6.45) is 2.52. The Kier molecular flexibility index (Phi) is 3.94. The van der Waals surface area contributed by atoms with Crippen LogP contribution in [0.4, 0.5) is 0 Å². The molecule has 7 nitrogen and oxygen atoms in total. The van der Waals surface area contributed by atoms with Crippen LogP contribution in [0.3, 0.4) is 0 Å². The molecular weight excluding hydrogens is 306 g/mol. The Morgan fingerprint density at radius 2 is 1.92 bits per heavy atom. The van der Waals surface area contributed by atoms with E-state index < -0.39 is 0 Å². The summed E-state index contributed by atoms with van der Waals surface area (Å²) in [6, 6.07) is 13.7. The van der Waals surface area contributed by atoms with Gasteiger partial charge in [0.2, 0.25) is 11.7 Å². The molecule has 0 amide bonds. The highest BCUT2D eigenvalue weighted by Crippen LogP contribution is 2.31. The van der Waals surface area contributed by atoms with Crippen LogP contribution in [0.15, 0.2) is 53.2 Å². The van der Waals surface area contributed by atoms with E-state index in [4.69, 9.17) is 9.26 Å². The second kappa shape index (κ2) is 6.38. The smallest absolute Gasteiger partial charge is 0.245 e. The molecule has 2 atom stereocenters. The SMILES string of the molecule is COc1ccc(C2CC(c3nc(-c4ccccn4)no3)NN2)cc1. The predicted octanol–water partition coefficient (Wildman–Crippen LogP) is 2.42. The van der Waals surface area contributed by atoms with Gasteiger partial charge in [-0.15, -0.1) is 0 Å². The molecule has 0 bridgehead atoms. The van der Waals surface area contributed by atoms with Crippen molar-refractivity contribution in [3.8, 4) is 17.3 Å². The van der Waals surface area contributed by atoms with Crippen molar-refractivity contribution in [3.63, 3.8) is 0 Å². The molecule has 2 unspecified atom stereocenters. The molecule has 0 radical (unpaired) electrons. The molecule has 7 heteroatoms. The zero-order valence-electron chi connectivity index (χ0n) is 13.1. The number of benzene rings is 1. The number of aromatic nitrogens is 3. The van der Waals surface area contributed by atoms with Crippen LogP contribution in [0.2, 0.25) is 0 Å². The van der Waals surface area contributed by atoms with Crippen molar-refractivity contribution in [1.29, 1.82) is 0 Å². The van der Waals surface area contributed by atoms with Crippen molar-refractivity contribution in [1.82, 2.24) is 26.0 Å². The first-order valence-electron chi connectivity index (χ1n) is 7.73. The number of nitrogens with zero attached hydrogens (tertiary/aromatic N) is 3. The van der Waals surface area contributed by atoms with E-state index in [0.717, 1.165) is 12.2 Å². The van der Waals surface area contributed by atoms with Crippen molar-refractivity contribution in [3.05, 3.63) is 60.1 Å². The number of hydrogen-bond donors (Lipinski definition) is 2. The highest BCUT2D eigenvalue weighted by molar-refractivity contribution is 5.47. The summed E-state index contributed by atoms with van der Waals surface area (Å²) in [5.41, 5.74) is 8.37. The molecule has 122 valence electrons. The number of pyridine rings is 1. The normalized spacial score (nSPS) is 20.2. The van der Waals surface area contributed by atoms with Crippen molar-refractivity contribution in [2.75, 3.05) is 7.11 Å². The highest BCUT2D eigenvalue weighted by atomic mass is 16.5. The van der Waals surface area contributed by atoms with E-state index in [0.29, 0.717) is 17.4 Å². The van der Waals surface area contributed by atoms with Crippen molar-refractivity contribution >= 4 is 0 Å². The molecule has 0 spiro atoms. The fraction of sp³-hybridized carbons (Fsp3) is 0.235. The topological polar surface area (TPSA) is 85.1 Å². The second-order valence-electron chi connectivity index (χ2n) is 5.57. The molecule has 0 aliphatic carbocycles. The molecule has 1 saturated heterocycles. The fourth-order valence-electron chi connectivity index (χ4n) is 2.75. The lowest BCUT2D eigenvalue weighted by Crippen LogP contribution is -2.26. The largest absolute Gasteiger partial charge is 0.497 e. The average molecular weight is 323 g/mol. The standard InChI is InChI=1S/C17H17N5O2/c1-23-12-7-5-11(6-8-12)14-10-15(21-20-14)17-19-16(22-24-17)13-4-2-3-9-18-13/h2-9,14-15,20-21H,10H2,1H3. The van der Waals surface area contributed by atoms with Gasteiger partial charge in [-0.3, -0.25) is 4.98 Å². The van der Waals surface area contributed by atoms with Gasteiger partial charge in [0.15, 0.2) is 0 Å². The summed E-state index contributed by atoms with van der Waals surface area (Å²) in [5, 5.41) is 4.02. The van der Waals surface area contributed by atoms with Crippen LogP contribution in [0.5, 0.6) is 5.75 Å². The minimum absolute atomic E-state index is 0.0398. The minimum atomic E-state index is -0.0398. The fourth-order valence-corrected chi connectivity index (χ4v) is 2.75. The zero-order valence-corrected chi connectivity index (χ0v) is 13.1. The van der Waals surface area contributed by atoms with E-state index in [9.17, 15) is 0 Å². The van der Waals surface area contributed by atoms with Gasteiger partial charge in [0, 0.05) is 12.2 Å². The molecule has 24 heavy (non-hydrogen) atoms. The Morgan fingerprint density at radius 1 is 1.08 bits per heavy atom. The van der Waals surface area contributed by atoms with Gasteiger partial charge in [0.1, 0.15) is 17.5 Å². The molecular formula is C17H17N5O2. The van der Waals surface area contributed by atoms with Crippen LogP contribution in [0.25, 0.3) is 11.5 Å². The van der Waals surface area contributed by atoms with Crippen molar-refractivity contribution in [2.24, 2.45) is 0 Å². The van der Waals surface area contributed by atoms with Gasteiger partial charge in [0.25, 0.3) is 0 Å². The Balaban J connectivity index is 1.47. The summed E-state index contributed by atoms with van der Waals surface area (Å²) in [7, 11) is 1.66. The van der Waals surface area contributed by atoms with Gasteiger partial charge in [-0.05, 0) is 36.2 Å². The third-order valence-corrected chi connectivity index (χ3v) is 4.06. The maximum absolute atomic E-state index is 5.40. The molecule has 2 aromatic heterocycles. The first-order chi connectivity index (χ1) is 11.8. The lowest BCUT2D eigenvalue weighted by Gasteiger charge is -2.09. The molecule has 1 fully saturated rings. The van der Waals surface area contributed by atoms with Crippen LogP contribution in [-0.4, -0.2) is 22.2 Å². The highest BCUT2D eigenvalue weighted by Gasteiger charge is 2.30. The first-order valence-corrected chi connectivity index (χ1v) is 7.73. The maximum Gasteiger partial charge on any atom is 0.245 e. The van der Waals surface area contributed by atoms with Crippen molar-refractivity contribution in [2.45, 2.75) is 18.5 Å².